The van der Waals surface area contributed by atoms with Crippen LogP contribution in [0.3, 0.4) is 0 Å². The van der Waals surface area contributed by atoms with Crippen molar-refractivity contribution in [3.05, 3.63) is 58.1 Å². The smallest absolute Gasteiger partial charge is 0.229 e. The predicted octanol–water partition coefficient (Wildman–Crippen LogP) is 6.08. The number of benzene rings is 2. The maximum atomic E-state index is 13.5. The van der Waals surface area contributed by atoms with Crippen LogP contribution in [-0.2, 0) is 26.0 Å². The van der Waals surface area contributed by atoms with Gasteiger partial charge < -0.3 is 14.7 Å². The van der Waals surface area contributed by atoms with E-state index in [9.17, 15) is 18.0 Å². The molecular formula is C32H44Cl2N4O4S. The Balaban J connectivity index is 1.24. The van der Waals surface area contributed by atoms with E-state index in [0.717, 1.165) is 89.6 Å². The van der Waals surface area contributed by atoms with Gasteiger partial charge in [0.2, 0.25) is 21.8 Å². The number of likely N-dealkylation sites (tertiary alicyclic amines) is 2. The molecule has 0 atom stereocenters. The molecule has 2 aliphatic heterocycles. The molecule has 0 unspecified atom stereocenters. The number of nitrogens with zero attached hydrogens (tertiary/aromatic N) is 3. The number of sulfonamides is 1. The summed E-state index contributed by atoms with van der Waals surface area (Å²) in [5, 5.41) is 0.913. The van der Waals surface area contributed by atoms with Crippen molar-refractivity contribution in [3.63, 3.8) is 0 Å². The van der Waals surface area contributed by atoms with Crippen molar-refractivity contribution < 1.29 is 18.0 Å². The molecule has 2 saturated heterocycles. The van der Waals surface area contributed by atoms with Gasteiger partial charge in [0.25, 0.3) is 0 Å². The lowest BCUT2D eigenvalue weighted by Gasteiger charge is -2.33. The van der Waals surface area contributed by atoms with Gasteiger partial charge in [0.1, 0.15) is 0 Å². The van der Waals surface area contributed by atoms with Crippen molar-refractivity contribution in [2.75, 3.05) is 55.1 Å². The maximum Gasteiger partial charge on any atom is 0.229 e. The van der Waals surface area contributed by atoms with E-state index >= 15 is 0 Å². The summed E-state index contributed by atoms with van der Waals surface area (Å²) in [4.78, 5) is 31.4. The summed E-state index contributed by atoms with van der Waals surface area (Å²) in [7, 11) is -3.27. The molecule has 2 fully saturated rings. The maximum absolute atomic E-state index is 13.5. The normalized spacial score (nSPS) is 17.2. The summed E-state index contributed by atoms with van der Waals surface area (Å²) in [5.74, 6) is 1.28. The second-order valence-corrected chi connectivity index (χ2v) is 14.6. The highest BCUT2D eigenvalue weighted by atomic mass is 35.5. The lowest BCUT2D eigenvalue weighted by Crippen LogP contribution is -2.39. The van der Waals surface area contributed by atoms with Crippen molar-refractivity contribution in [1.82, 2.24) is 9.80 Å². The topological polar surface area (TPSA) is 90.0 Å². The monoisotopic (exact) mass is 650 g/mol. The van der Waals surface area contributed by atoms with Crippen LogP contribution in [0.1, 0.15) is 57.4 Å². The highest BCUT2D eigenvalue weighted by Gasteiger charge is 2.24. The Morgan fingerprint density at radius 3 is 2.19 bits per heavy atom. The minimum atomic E-state index is -3.27. The molecule has 0 radical (unpaired) electrons. The molecule has 43 heavy (non-hydrogen) atoms. The highest BCUT2D eigenvalue weighted by molar-refractivity contribution is 7.92. The zero-order valence-electron chi connectivity index (χ0n) is 25.2. The van der Waals surface area contributed by atoms with Crippen LogP contribution in [0, 0.1) is 11.8 Å². The number of carbonyl (C=O) groups excluding carboxylic acids is 2. The molecule has 2 aromatic carbocycles. The molecule has 0 aliphatic carbocycles. The Morgan fingerprint density at radius 2 is 1.58 bits per heavy atom. The van der Waals surface area contributed by atoms with Crippen LogP contribution < -0.4 is 9.62 Å². The molecule has 2 amide bonds. The van der Waals surface area contributed by atoms with Gasteiger partial charge in [-0.2, -0.15) is 0 Å². The number of carbonyl (C=O) groups is 2. The van der Waals surface area contributed by atoms with E-state index in [0.29, 0.717) is 40.5 Å². The third-order valence-electron chi connectivity index (χ3n) is 8.69. The average Bonchev–Trinajstić information content (AvgIpc) is 2.97. The first-order chi connectivity index (χ1) is 20.5. The number of hydrogen-bond acceptors (Lipinski definition) is 5. The molecule has 2 heterocycles. The molecule has 4 rings (SSSR count). The number of amides is 2. The third kappa shape index (κ3) is 10.7. The van der Waals surface area contributed by atoms with Crippen molar-refractivity contribution in [1.29, 1.82) is 0 Å². The van der Waals surface area contributed by atoms with Gasteiger partial charge in [-0.3, -0.25) is 14.3 Å². The SMILES string of the molecule is CC(=O)N1CCC(CCC(=O)N(CCCN2CCC(Cc3ccc(NS(C)(=O)=O)cc3)CC2)c2ccc(Cl)c(Cl)c2)CC1. The Bertz CT molecular complexity index is 1340. The predicted molar refractivity (Wildman–Crippen MR) is 175 cm³/mol. The summed E-state index contributed by atoms with van der Waals surface area (Å²) >= 11 is 12.5. The quantitative estimate of drug-likeness (QED) is 0.301. The van der Waals surface area contributed by atoms with Gasteiger partial charge in [0.05, 0.1) is 16.3 Å². The average molecular weight is 652 g/mol. The number of rotatable bonds is 12. The second-order valence-electron chi connectivity index (χ2n) is 12.0. The molecule has 8 nitrogen and oxygen atoms in total. The third-order valence-corrected chi connectivity index (χ3v) is 10.0. The summed E-state index contributed by atoms with van der Waals surface area (Å²) in [6.45, 7) is 6.76. The van der Waals surface area contributed by atoms with Crippen LogP contribution in [0.15, 0.2) is 42.5 Å². The summed E-state index contributed by atoms with van der Waals surface area (Å²) in [5.41, 5.74) is 2.59. The lowest BCUT2D eigenvalue weighted by atomic mass is 9.90. The largest absolute Gasteiger partial charge is 0.343 e. The van der Waals surface area contributed by atoms with E-state index in [1.54, 1.807) is 19.1 Å². The number of hydrogen-bond donors (Lipinski definition) is 1. The Labute approximate surface area is 266 Å². The van der Waals surface area contributed by atoms with Crippen molar-refractivity contribution in [2.24, 2.45) is 11.8 Å². The molecule has 0 spiro atoms. The fourth-order valence-electron chi connectivity index (χ4n) is 6.17. The molecule has 2 aliphatic rings. The second kappa shape index (κ2) is 15.6. The van der Waals surface area contributed by atoms with Crippen LogP contribution in [-0.4, -0.2) is 75.6 Å². The fourth-order valence-corrected chi connectivity index (χ4v) is 7.03. The number of nitrogens with one attached hydrogen (secondary N) is 1. The first-order valence-corrected chi connectivity index (χ1v) is 17.9. The minimum absolute atomic E-state index is 0.101. The highest BCUT2D eigenvalue weighted by Crippen LogP contribution is 2.29. The Morgan fingerprint density at radius 1 is 0.930 bits per heavy atom. The molecule has 0 saturated carbocycles. The number of halogens is 2. The van der Waals surface area contributed by atoms with Gasteiger partial charge >= 0.3 is 0 Å². The first-order valence-electron chi connectivity index (χ1n) is 15.3. The van der Waals surface area contributed by atoms with Crippen molar-refractivity contribution in [3.8, 4) is 0 Å². The Hall–Kier alpha value is -2.33. The van der Waals surface area contributed by atoms with E-state index in [1.165, 1.54) is 5.56 Å². The number of anilines is 2. The lowest BCUT2D eigenvalue weighted by molar-refractivity contribution is -0.130. The van der Waals surface area contributed by atoms with Crippen molar-refractivity contribution in [2.45, 2.75) is 58.3 Å². The van der Waals surface area contributed by atoms with Crippen molar-refractivity contribution >= 4 is 56.4 Å². The molecule has 0 bridgehead atoms. The van der Waals surface area contributed by atoms with Crippen LogP contribution >= 0.6 is 23.2 Å². The molecule has 236 valence electrons. The van der Waals surface area contributed by atoms with Gasteiger partial charge in [-0.05, 0) is 112 Å². The van der Waals surface area contributed by atoms with Crippen LogP contribution in [0.2, 0.25) is 10.0 Å². The van der Waals surface area contributed by atoms with E-state index in [1.807, 2.05) is 40.1 Å². The zero-order chi connectivity index (χ0) is 31.0. The van der Waals surface area contributed by atoms with Gasteiger partial charge in [-0.1, -0.05) is 35.3 Å². The van der Waals surface area contributed by atoms with Gasteiger partial charge in [-0.15, -0.1) is 0 Å². The standard InChI is InChI=1S/C32H44Cl2N4O4S/c1-24(39)37-20-14-25(15-21-37)6-11-32(40)38(29-9-10-30(33)31(34)23-29)17-3-16-36-18-12-27(13-19-36)22-26-4-7-28(8-5-26)35-43(2,41)42/h4-5,7-10,23,25,27,35H,3,6,11-22H2,1-2H3. The first kappa shape index (κ1) is 33.6. The van der Waals surface area contributed by atoms with E-state index < -0.39 is 10.0 Å². The zero-order valence-corrected chi connectivity index (χ0v) is 27.6. The summed E-state index contributed by atoms with van der Waals surface area (Å²) in [6.07, 6.45) is 8.42. The van der Waals surface area contributed by atoms with Gasteiger partial charge in [0.15, 0.2) is 0 Å². The molecule has 2 aromatic rings. The molecule has 1 N–H and O–H groups in total. The van der Waals surface area contributed by atoms with Gasteiger partial charge in [-0.25, -0.2) is 8.42 Å². The minimum Gasteiger partial charge on any atom is -0.343 e. The summed E-state index contributed by atoms with van der Waals surface area (Å²) in [6, 6.07) is 13.0. The van der Waals surface area contributed by atoms with E-state index in [2.05, 4.69) is 9.62 Å². The summed E-state index contributed by atoms with van der Waals surface area (Å²) < 4.78 is 25.4. The van der Waals surface area contributed by atoms with Crippen LogP contribution in [0.25, 0.3) is 0 Å². The van der Waals surface area contributed by atoms with Crippen LogP contribution in [0.4, 0.5) is 11.4 Å². The molecular weight excluding hydrogens is 607 g/mol. The fraction of sp³-hybridized carbons (Fsp3) is 0.562. The van der Waals surface area contributed by atoms with E-state index in [-0.39, 0.29) is 11.8 Å². The molecule has 0 aromatic heterocycles. The van der Waals surface area contributed by atoms with E-state index in [4.69, 9.17) is 23.2 Å². The Kier molecular flexibility index (Phi) is 12.2. The number of piperidine rings is 2. The van der Waals surface area contributed by atoms with Crippen LogP contribution in [0.5, 0.6) is 0 Å². The molecule has 11 heteroatoms. The van der Waals surface area contributed by atoms with Gasteiger partial charge in [0, 0.05) is 44.4 Å².